The van der Waals surface area contributed by atoms with E-state index in [1.807, 2.05) is 6.08 Å². The third kappa shape index (κ3) is 10.3. The van der Waals surface area contributed by atoms with Crippen molar-refractivity contribution < 1.29 is 23.8 Å². The zero-order chi connectivity index (χ0) is 18.6. The van der Waals surface area contributed by atoms with Crippen LogP contribution in [0.25, 0.3) is 0 Å². The second-order valence-electron chi connectivity index (χ2n) is 6.66. The van der Waals surface area contributed by atoms with Crippen LogP contribution in [0.15, 0.2) is 12.7 Å². The number of hydrogen-bond donors (Lipinski definition) is 1. The van der Waals surface area contributed by atoms with Gasteiger partial charge in [-0.25, -0.2) is 9.59 Å². The lowest BCUT2D eigenvalue weighted by molar-refractivity contribution is -0.148. The number of methoxy groups -OCH3 is 1. The van der Waals surface area contributed by atoms with Crippen LogP contribution in [0.4, 0.5) is 4.79 Å². The van der Waals surface area contributed by atoms with Gasteiger partial charge in [0.25, 0.3) is 0 Å². The van der Waals surface area contributed by atoms with Gasteiger partial charge in [0.15, 0.2) is 0 Å². The highest BCUT2D eigenvalue weighted by Gasteiger charge is 2.32. The van der Waals surface area contributed by atoms with E-state index in [0.717, 1.165) is 25.7 Å². The van der Waals surface area contributed by atoms with E-state index in [0.29, 0.717) is 6.61 Å². The van der Waals surface area contributed by atoms with Crippen LogP contribution in [0, 0.1) is 5.92 Å². The van der Waals surface area contributed by atoms with E-state index >= 15 is 0 Å². The van der Waals surface area contributed by atoms with Crippen molar-refractivity contribution >= 4 is 12.1 Å². The summed E-state index contributed by atoms with van der Waals surface area (Å²) in [5, 5.41) is 2.65. The van der Waals surface area contributed by atoms with Crippen LogP contribution in [0.1, 0.15) is 53.4 Å². The van der Waals surface area contributed by atoms with Crippen molar-refractivity contribution in [2.24, 2.45) is 5.92 Å². The number of carbonyl (C=O) groups is 2. The Labute approximate surface area is 145 Å². The molecule has 6 heteroatoms. The number of ether oxygens (including phenoxy) is 3. The average molecular weight is 343 g/mol. The van der Waals surface area contributed by atoms with Gasteiger partial charge in [-0.3, -0.25) is 0 Å². The molecular weight excluding hydrogens is 310 g/mol. The van der Waals surface area contributed by atoms with Gasteiger partial charge in [0, 0.05) is 13.0 Å². The Morgan fingerprint density at radius 2 is 1.92 bits per heavy atom. The highest BCUT2D eigenvalue weighted by atomic mass is 16.6. The smallest absolute Gasteiger partial charge is 0.408 e. The molecule has 0 saturated carbocycles. The molecule has 0 spiro atoms. The SMILES string of the molecule is C=CCCCC[C@@H](COC)C(NC(=O)OC(C)(C)C)C(=O)OCC. The minimum Gasteiger partial charge on any atom is -0.464 e. The van der Waals surface area contributed by atoms with Gasteiger partial charge in [-0.05, 0) is 47.0 Å². The fourth-order valence-corrected chi connectivity index (χ4v) is 2.29. The summed E-state index contributed by atoms with van der Waals surface area (Å²) in [4.78, 5) is 24.4. The van der Waals surface area contributed by atoms with E-state index in [4.69, 9.17) is 14.2 Å². The lowest BCUT2D eigenvalue weighted by Crippen LogP contribution is -2.49. The van der Waals surface area contributed by atoms with Crippen LogP contribution in [-0.4, -0.2) is 44.0 Å². The third-order valence-electron chi connectivity index (χ3n) is 3.30. The minimum atomic E-state index is -0.788. The first-order valence-corrected chi connectivity index (χ1v) is 8.51. The molecule has 1 amide bonds. The summed E-state index contributed by atoms with van der Waals surface area (Å²) in [6.45, 7) is 11.4. The molecule has 0 saturated heterocycles. The maximum absolute atomic E-state index is 12.3. The second kappa shape index (κ2) is 11.9. The number of rotatable bonds is 11. The van der Waals surface area contributed by atoms with Crippen LogP contribution in [-0.2, 0) is 19.0 Å². The Bertz CT molecular complexity index is 389. The van der Waals surface area contributed by atoms with Crippen molar-refractivity contribution in [3.8, 4) is 0 Å². The van der Waals surface area contributed by atoms with Gasteiger partial charge < -0.3 is 19.5 Å². The lowest BCUT2D eigenvalue weighted by atomic mass is 9.94. The lowest BCUT2D eigenvalue weighted by Gasteiger charge is -2.27. The Morgan fingerprint density at radius 1 is 1.25 bits per heavy atom. The number of hydrogen-bond acceptors (Lipinski definition) is 5. The van der Waals surface area contributed by atoms with E-state index in [-0.39, 0.29) is 12.5 Å². The predicted molar refractivity (Wildman–Crippen MR) is 93.8 cm³/mol. The van der Waals surface area contributed by atoms with Gasteiger partial charge in [-0.2, -0.15) is 0 Å². The Hall–Kier alpha value is -1.56. The summed E-state index contributed by atoms with van der Waals surface area (Å²) in [5.41, 5.74) is -0.635. The van der Waals surface area contributed by atoms with Gasteiger partial charge in [0.1, 0.15) is 11.6 Å². The molecule has 140 valence electrons. The van der Waals surface area contributed by atoms with Crippen molar-refractivity contribution in [3.05, 3.63) is 12.7 Å². The number of alkyl carbamates (subject to hydrolysis) is 1. The van der Waals surface area contributed by atoms with Crippen LogP contribution >= 0.6 is 0 Å². The normalized spacial score (nSPS) is 13.7. The monoisotopic (exact) mass is 343 g/mol. The molecule has 0 rings (SSSR count). The third-order valence-corrected chi connectivity index (χ3v) is 3.30. The first kappa shape index (κ1) is 22.4. The highest BCUT2D eigenvalue weighted by molar-refractivity contribution is 5.81. The Morgan fingerprint density at radius 3 is 2.42 bits per heavy atom. The van der Waals surface area contributed by atoms with E-state index < -0.39 is 23.7 Å². The highest BCUT2D eigenvalue weighted by Crippen LogP contribution is 2.17. The quantitative estimate of drug-likeness (QED) is 0.353. The van der Waals surface area contributed by atoms with Gasteiger partial charge in [0.2, 0.25) is 0 Å². The average Bonchev–Trinajstić information content (AvgIpc) is 2.46. The fourth-order valence-electron chi connectivity index (χ4n) is 2.29. The molecule has 0 aliphatic rings. The minimum absolute atomic E-state index is 0.175. The molecule has 6 nitrogen and oxygen atoms in total. The molecule has 0 aromatic carbocycles. The molecule has 0 aromatic rings. The molecule has 0 aliphatic carbocycles. The second-order valence-corrected chi connectivity index (χ2v) is 6.66. The molecule has 0 aromatic heterocycles. The van der Waals surface area contributed by atoms with Crippen molar-refractivity contribution in [3.63, 3.8) is 0 Å². The summed E-state index contributed by atoms with van der Waals surface area (Å²) in [5.74, 6) is -0.638. The Kier molecular flexibility index (Phi) is 11.1. The molecule has 0 heterocycles. The van der Waals surface area contributed by atoms with E-state index in [9.17, 15) is 9.59 Å². The van der Waals surface area contributed by atoms with Crippen molar-refractivity contribution in [2.45, 2.75) is 65.0 Å². The first-order valence-electron chi connectivity index (χ1n) is 8.51. The van der Waals surface area contributed by atoms with Crippen molar-refractivity contribution in [1.82, 2.24) is 5.32 Å². The molecule has 24 heavy (non-hydrogen) atoms. The van der Waals surface area contributed by atoms with Crippen molar-refractivity contribution in [1.29, 1.82) is 0 Å². The van der Waals surface area contributed by atoms with Gasteiger partial charge >= 0.3 is 12.1 Å². The van der Waals surface area contributed by atoms with E-state index in [1.54, 1.807) is 34.8 Å². The fraction of sp³-hybridized carbons (Fsp3) is 0.778. The molecule has 0 radical (unpaired) electrons. The van der Waals surface area contributed by atoms with Crippen LogP contribution in [0.5, 0.6) is 0 Å². The first-order chi connectivity index (χ1) is 11.2. The zero-order valence-corrected chi connectivity index (χ0v) is 15.7. The molecule has 1 N–H and O–H groups in total. The summed E-state index contributed by atoms with van der Waals surface area (Å²) in [6.07, 6.45) is 4.78. The number of allylic oxidation sites excluding steroid dienone is 1. The molecule has 0 bridgehead atoms. The topological polar surface area (TPSA) is 73.9 Å². The van der Waals surface area contributed by atoms with E-state index in [1.165, 1.54) is 0 Å². The van der Waals surface area contributed by atoms with Crippen molar-refractivity contribution in [2.75, 3.05) is 20.3 Å². The number of carbonyl (C=O) groups excluding carboxylic acids is 2. The number of unbranched alkanes of at least 4 members (excludes halogenated alkanes) is 2. The molecule has 2 atom stereocenters. The van der Waals surface area contributed by atoms with Gasteiger partial charge in [-0.15, -0.1) is 6.58 Å². The van der Waals surface area contributed by atoms with E-state index in [2.05, 4.69) is 11.9 Å². The largest absolute Gasteiger partial charge is 0.464 e. The predicted octanol–water partition coefficient (Wildman–Crippen LogP) is 3.45. The van der Waals surface area contributed by atoms with Gasteiger partial charge in [-0.1, -0.05) is 12.5 Å². The van der Waals surface area contributed by atoms with Crippen LogP contribution in [0.2, 0.25) is 0 Å². The molecular formula is C18H33NO5. The summed E-state index contributed by atoms with van der Waals surface area (Å²) < 4.78 is 15.6. The van der Waals surface area contributed by atoms with Gasteiger partial charge in [0.05, 0.1) is 13.2 Å². The molecule has 0 fully saturated rings. The van der Waals surface area contributed by atoms with Crippen LogP contribution < -0.4 is 5.32 Å². The maximum Gasteiger partial charge on any atom is 0.408 e. The Balaban J connectivity index is 4.98. The molecule has 1 unspecified atom stereocenters. The number of esters is 1. The maximum atomic E-state index is 12.3. The van der Waals surface area contributed by atoms with Crippen LogP contribution in [0.3, 0.4) is 0 Å². The molecule has 0 aliphatic heterocycles. The summed E-state index contributed by atoms with van der Waals surface area (Å²) in [6, 6.07) is -0.788. The summed E-state index contributed by atoms with van der Waals surface area (Å²) in [7, 11) is 1.58. The zero-order valence-electron chi connectivity index (χ0n) is 15.7. The number of nitrogens with one attached hydrogen (secondary N) is 1. The summed E-state index contributed by atoms with van der Waals surface area (Å²) >= 11 is 0. The number of amides is 1. The standard InChI is InChI=1S/C18H33NO5/c1-7-9-10-11-12-14(13-22-6)15(16(20)23-8-2)19-17(21)24-18(3,4)5/h7,14-15H,1,8-13H2,2-6H3,(H,19,21)/t14-,15?/m0/s1.